The minimum atomic E-state index is -3.09. The Labute approximate surface area is 171 Å². The molecule has 0 spiro atoms. The zero-order valence-electron chi connectivity index (χ0n) is 16.1. The van der Waals surface area contributed by atoms with E-state index in [0.29, 0.717) is 19.6 Å². The van der Waals surface area contributed by atoms with Crippen LogP contribution in [0.3, 0.4) is 0 Å². The van der Waals surface area contributed by atoms with Crippen molar-refractivity contribution in [2.45, 2.75) is 58.3 Å². The zero-order chi connectivity index (χ0) is 17.8. The Balaban J connectivity index is 0.00000576. The van der Waals surface area contributed by atoms with Gasteiger partial charge in [-0.15, -0.1) is 24.0 Å². The van der Waals surface area contributed by atoms with Crippen LogP contribution in [0.4, 0.5) is 0 Å². The number of nitrogens with one attached hydrogen (secondary N) is 2. The van der Waals surface area contributed by atoms with Gasteiger partial charge in [0.1, 0.15) is 0 Å². The maximum atomic E-state index is 11.5. The lowest BCUT2D eigenvalue weighted by Crippen LogP contribution is -2.39. The van der Waals surface area contributed by atoms with Gasteiger partial charge in [-0.3, -0.25) is 4.99 Å². The minimum Gasteiger partial charge on any atom is -0.356 e. The first-order valence-electron chi connectivity index (χ1n) is 9.37. The van der Waals surface area contributed by atoms with Crippen LogP contribution in [0.25, 0.3) is 0 Å². The highest BCUT2D eigenvalue weighted by atomic mass is 127. The lowest BCUT2D eigenvalue weighted by molar-refractivity contribution is 0.424. The van der Waals surface area contributed by atoms with Gasteiger partial charge < -0.3 is 10.6 Å². The summed E-state index contributed by atoms with van der Waals surface area (Å²) in [6.07, 6.45) is 11.6. The summed E-state index contributed by atoms with van der Waals surface area (Å²) in [5, 5.41) is 6.58. The third-order valence-corrected chi connectivity index (χ3v) is 6.11. The second-order valence-electron chi connectivity index (χ2n) is 6.68. The number of hydrogen-bond acceptors (Lipinski definition) is 3. The van der Waals surface area contributed by atoms with Crippen LogP contribution in [0.15, 0.2) is 4.99 Å². The Morgan fingerprint density at radius 2 is 1.72 bits per heavy atom. The summed E-state index contributed by atoms with van der Waals surface area (Å²) in [4.78, 5) is 4.21. The number of halogens is 1. The molecule has 0 heterocycles. The first kappa shape index (κ1) is 24.9. The van der Waals surface area contributed by atoms with Crippen LogP contribution in [0.5, 0.6) is 0 Å². The Kier molecular flexibility index (Phi) is 14.0. The maximum absolute atomic E-state index is 11.5. The monoisotopic (exact) mass is 488 g/mol. The highest BCUT2D eigenvalue weighted by Gasteiger charge is 2.14. The Bertz CT molecular complexity index is 465. The van der Waals surface area contributed by atoms with Crippen LogP contribution in [-0.4, -0.2) is 58.2 Å². The summed E-state index contributed by atoms with van der Waals surface area (Å²) in [7, 11) is -1.32. The molecule has 8 heteroatoms. The van der Waals surface area contributed by atoms with E-state index < -0.39 is 10.0 Å². The molecule has 150 valence electrons. The number of nitrogens with zero attached hydrogens (tertiary/aromatic N) is 2. The van der Waals surface area contributed by atoms with Gasteiger partial charge in [-0.25, -0.2) is 12.7 Å². The van der Waals surface area contributed by atoms with E-state index in [-0.39, 0.29) is 24.0 Å². The average molecular weight is 488 g/mol. The lowest BCUT2D eigenvalue weighted by atomic mass is 10.0. The molecule has 0 aliphatic heterocycles. The molecule has 1 saturated carbocycles. The van der Waals surface area contributed by atoms with Gasteiger partial charge in [0.15, 0.2) is 5.96 Å². The van der Waals surface area contributed by atoms with E-state index in [0.717, 1.165) is 24.8 Å². The van der Waals surface area contributed by atoms with Crippen LogP contribution in [0.2, 0.25) is 0 Å². The molecule has 2 N–H and O–H groups in total. The third kappa shape index (κ3) is 11.3. The van der Waals surface area contributed by atoms with Crippen LogP contribution in [-0.2, 0) is 10.0 Å². The second-order valence-corrected chi connectivity index (χ2v) is 8.66. The number of rotatable bonds is 11. The Morgan fingerprint density at radius 1 is 1.12 bits per heavy atom. The summed E-state index contributed by atoms with van der Waals surface area (Å²) < 4.78 is 24.5. The number of sulfonamides is 1. The molecule has 0 aromatic carbocycles. The molecule has 0 radical (unpaired) electrons. The van der Waals surface area contributed by atoms with Gasteiger partial charge in [0, 0.05) is 33.2 Å². The van der Waals surface area contributed by atoms with Gasteiger partial charge in [-0.1, -0.05) is 45.4 Å². The standard InChI is InChI=1S/C17H36N4O2S.HI/c1-4-21(24(3,22)23)15-9-14-20-17(18-2)19-13-8-7-12-16-10-5-6-11-16;/h16H,4-15H2,1-3H3,(H2,18,19,20);1H. The molecule has 0 bridgehead atoms. The van der Waals surface area contributed by atoms with Crippen molar-refractivity contribution >= 4 is 40.0 Å². The normalized spacial score (nSPS) is 16.1. The molecule has 1 fully saturated rings. The fraction of sp³-hybridized carbons (Fsp3) is 0.941. The molecule has 1 rings (SSSR count). The quantitative estimate of drug-likeness (QED) is 0.203. The number of unbranched alkanes of at least 4 members (excludes halogenated alkanes) is 1. The van der Waals surface area contributed by atoms with Crippen LogP contribution < -0.4 is 10.6 Å². The third-order valence-electron chi connectivity index (χ3n) is 4.73. The summed E-state index contributed by atoms with van der Waals surface area (Å²) in [6.45, 7) is 4.58. The molecule has 0 amide bonds. The Morgan fingerprint density at radius 3 is 2.24 bits per heavy atom. The van der Waals surface area contributed by atoms with Gasteiger partial charge in [0.25, 0.3) is 0 Å². The number of aliphatic imine (C=N–C) groups is 1. The summed E-state index contributed by atoms with van der Waals surface area (Å²) in [5.74, 6) is 1.78. The maximum Gasteiger partial charge on any atom is 0.211 e. The molecule has 0 aromatic heterocycles. The fourth-order valence-electron chi connectivity index (χ4n) is 3.31. The first-order chi connectivity index (χ1) is 11.5. The fourth-order valence-corrected chi connectivity index (χ4v) is 4.23. The van der Waals surface area contributed by atoms with E-state index in [1.54, 1.807) is 7.05 Å². The molecular weight excluding hydrogens is 451 g/mol. The van der Waals surface area contributed by atoms with Gasteiger partial charge in [0.2, 0.25) is 10.0 Å². The van der Waals surface area contributed by atoms with Crippen molar-refractivity contribution in [3.05, 3.63) is 0 Å². The van der Waals surface area contributed by atoms with Gasteiger partial charge in [0.05, 0.1) is 6.26 Å². The molecule has 0 unspecified atom stereocenters. The molecule has 25 heavy (non-hydrogen) atoms. The van der Waals surface area contributed by atoms with Crippen molar-refractivity contribution in [3.63, 3.8) is 0 Å². The van der Waals surface area contributed by atoms with Gasteiger partial charge in [-0.2, -0.15) is 0 Å². The second kappa shape index (κ2) is 14.0. The van der Waals surface area contributed by atoms with E-state index in [1.807, 2.05) is 6.92 Å². The predicted molar refractivity (Wildman–Crippen MR) is 117 cm³/mol. The Hall–Kier alpha value is -0.0900. The van der Waals surface area contributed by atoms with E-state index >= 15 is 0 Å². The topological polar surface area (TPSA) is 73.8 Å². The first-order valence-corrected chi connectivity index (χ1v) is 11.2. The molecule has 0 aromatic rings. The summed E-state index contributed by atoms with van der Waals surface area (Å²) in [5.41, 5.74) is 0. The SMILES string of the molecule is CCN(CCCNC(=NC)NCCCCC1CCCC1)S(C)(=O)=O.I. The van der Waals surface area contributed by atoms with E-state index in [2.05, 4.69) is 15.6 Å². The van der Waals surface area contributed by atoms with Gasteiger partial charge in [-0.05, 0) is 18.8 Å². The van der Waals surface area contributed by atoms with Crippen molar-refractivity contribution < 1.29 is 8.42 Å². The van der Waals surface area contributed by atoms with Gasteiger partial charge >= 0.3 is 0 Å². The molecular formula is C17H37IN4O2S. The van der Waals surface area contributed by atoms with Crippen molar-refractivity contribution in [1.29, 1.82) is 0 Å². The molecule has 0 saturated heterocycles. The minimum absolute atomic E-state index is 0. The molecule has 0 atom stereocenters. The van der Waals surface area contributed by atoms with E-state index in [1.165, 1.54) is 55.5 Å². The van der Waals surface area contributed by atoms with Crippen LogP contribution >= 0.6 is 24.0 Å². The van der Waals surface area contributed by atoms with E-state index in [4.69, 9.17) is 0 Å². The van der Waals surface area contributed by atoms with Crippen molar-refractivity contribution in [1.82, 2.24) is 14.9 Å². The predicted octanol–water partition coefficient (Wildman–Crippen LogP) is 2.80. The largest absolute Gasteiger partial charge is 0.356 e. The lowest BCUT2D eigenvalue weighted by Gasteiger charge is -2.18. The van der Waals surface area contributed by atoms with Crippen molar-refractivity contribution in [2.75, 3.05) is 39.5 Å². The molecule has 6 nitrogen and oxygen atoms in total. The smallest absolute Gasteiger partial charge is 0.211 e. The molecule has 1 aliphatic rings. The summed E-state index contributed by atoms with van der Waals surface area (Å²) in [6, 6.07) is 0. The van der Waals surface area contributed by atoms with Crippen molar-refractivity contribution in [3.8, 4) is 0 Å². The summed E-state index contributed by atoms with van der Waals surface area (Å²) >= 11 is 0. The zero-order valence-corrected chi connectivity index (χ0v) is 19.2. The number of guanidine groups is 1. The highest BCUT2D eigenvalue weighted by Crippen LogP contribution is 2.28. The van der Waals surface area contributed by atoms with Crippen LogP contribution in [0, 0.1) is 5.92 Å². The number of hydrogen-bond donors (Lipinski definition) is 2. The van der Waals surface area contributed by atoms with Crippen LogP contribution in [0.1, 0.15) is 58.3 Å². The highest BCUT2D eigenvalue weighted by molar-refractivity contribution is 14.0. The van der Waals surface area contributed by atoms with Crippen molar-refractivity contribution in [2.24, 2.45) is 10.9 Å². The van der Waals surface area contributed by atoms with E-state index in [9.17, 15) is 8.42 Å². The average Bonchev–Trinajstić information content (AvgIpc) is 3.04. The molecule has 1 aliphatic carbocycles.